The lowest BCUT2D eigenvalue weighted by Crippen LogP contribution is -2.20. The number of esters is 1. The Balaban J connectivity index is 0. The van der Waals surface area contributed by atoms with Gasteiger partial charge in [0.2, 0.25) is 0 Å². The van der Waals surface area contributed by atoms with Crippen LogP contribution in [0.1, 0.15) is 26.2 Å². The number of hydrogen-bond acceptors (Lipinski definition) is 4. The molecule has 0 aliphatic carbocycles. The van der Waals surface area contributed by atoms with Gasteiger partial charge in [0, 0.05) is 6.92 Å². The minimum absolute atomic E-state index is 0.277. The molecule has 1 saturated heterocycles. The van der Waals surface area contributed by atoms with Gasteiger partial charge in [-0.3, -0.25) is 4.79 Å². The van der Waals surface area contributed by atoms with Crippen molar-refractivity contribution >= 4 is 29.2 Å². The lowest BCUT2D eigenvalue weighted by atomic mass is 10.3. The molecule has 15 heteroatoms. The zero-order valence-electron chi connectivity index (χ0n) is 14.8. The van der Waals surface area contributed by atoms with Gasteiger partial charge >= 0.3 is 24.5 Å². The number of alkyl halides is 11. The molecule has 4 nitrogen and oxygen atoms in total. The maximum Gasteiger partial charge on any atom is 0.391 e. The number of aliphatic hydroxyl groups is 1. The van der Waals surface area contributed by atoms with Gasteiger partial charge in [0.15, 0.2) is 0 Å². The van der Waals surface area contributed by atoms with Crippen LogP contribution in [0.3, 0.4) is 0 Å². The van der Waals surface area contributed by atoms with Crippen LogP contribution in [0.25, 0.3) is 0 Å². The fraction of sp³-hybridized carbons (Fsp3) is 0.929. The van der Waals surface area contributed by atoms with Gasteiger partial charge in [-0.05, 0) is 0 Å². The van der Waals surface area contributed by atoms with Crippen LogP contribution in [0, 0.1) is 0 Å². The third kappa shape index (κ3) is 29.6. The van der Waals surface area contributed by atoms with E-state index in [9.17, 15) is 44.3 Å². The molecule has 1 fully saturated rings. The molecule has 0 spiro atoms. The van der Waals surface area contributed by atoms with Crippen molar-refractivity contribution in [2.45, 2.75) is 61.6 Å². The highest BCUT2D eigenvalue weighted by Crippen LogP contribution is 2.28. The predicted octanol–water partition coefficient (Wildman–Crippen LogP) is 4.99. The monoisotopic (exact) mass is 492 g/mol. The standard InChI is InChI=1S/C6H8ClF3O2.C4H6ClF3O.C4H5F3O/c1-4(11)12-3-5(7)2-6(8,9)10;5-3(2-9)1-4(6,7)8;5-4(6,7)1-3-2-8-3/h5H,2-3H2,1H3;3,9H,1-2H2;3H,1-2H2. The molecule has 1 aliphatic rings. The van der Waals surface area contributed by atoms with Crippen LogP contribution < -0.4 is 0 Å². The van der Waals surface area contributed by atoms with Gasteiger partial charge in [0.1, 0.15) is 6.61 Å². The van der Waals surface area contributed by atoms with E-state index in [-0.39, 0.29) is 6.61 Å². The van der Waals surface area contributed by atoms with E-state index >= 15 is 0 Å². The molecule has 1 aliphatic heterocycles. The normalized spacial score (nSPS) is 18.4. The summed E-state index contributed by atoms with van der Waals surface area (Å²) in [6.07, 6.45) is -16.2. The Bertz CT molecular complexity index is 452. The summed E-state index contributed by atoms with van der Waals surface area (Å²) in [5.41, 5.74) is 0. The Morgan fingerprint density at radius 1 is 1.00 bits per heavy atom. The molecule has 3 atom stereocenters. The zero-order valence-corrected chi connectivity index (χ0v) is 16.3. The number of hydrogen-bond donors (Lipinski definition) is 1. The summed E-state index contributed by atoms with van der Waals surface area (Å²) in [6.45, 7) is 0.341. The third-order valence-electron chi connectivity index (χ3n) is 2.43. The van der Waals surface area contributed by atoms with Crippen LogP contribution in [0.15, 0.2) is 0 Å². The van der Waals surface area contributed by atoms with E-state index in [2.05, 4.69) is 9.47 Å². The van der Waals surface area contributed by atoms with Crippen LogP contribution in [0.5, 0.6) is 0 Å². The van der Waals surface area contributed by atoms with E-state index in [0.717, 1.165) is 6.92 Å². The quantitative estimate of drug-likeness (QED) is 0.246. The molecule has 0 aromatic heterocycles. The van der Waals surface area contributed by atoms with E-state index in [0.29, 0.717) is 0 Å². The third-order valence-corrected chi connectivity index (χ3v) is 3.01. The Kier molecular flexibility index (Phi) is 14.3. The fourth-order valence-electron chi connectivity index (χ4n) is 1.28. The first-order chi connectivity index (χ1) is 12.8. The summed E-state index contributed by atoms with van der Waals surface area (Å²) in [5, 5.41) is 5.66. The lowest BCUT2D eigenvalue weighted by molar-refractivity contribution is -0.147. The predicted molar refractivity (Wildman–Crippen MR) is 84.8 cm³/mol. The van der Waals surface area contributed by atoms with E-state index in [1.807, 2.05) is 0 Å². The number of carbonyl (C=O) groups excluding carboxylic acids is 1. The summed E-state index contributed by atoms with van der Waals surface area (Å²) in [7, 11) is 0. The molecule has 0 saturated carbocycles. The number of rotatable bonds is 6. The van der Waals surface area contributed by atoms with E-state index in [1.165, 1.54) is 0 Å². The van der Waals surface area contributed by atoms with Crippen LogP contribution in [-0.4, -0.2) is 66.3 Å². The van der Waals surface area contributed by atoms with Crippen LogP contribution in [0.2, 0.25) is 0 Å². The molecular weight excluding hydrogens is 474 g/mol. The van der Waals surface area contributed by atoms with Crippen molar-refractivity contribution in [2.24, 2.45) is 0 Å². The smallest absolute Gasteiger partial charge is 0.391 e. The average molecular weight is 493 g/mol. The molecule has 1 N–H and O–H groups in total. The Labute approximate surface area is 170 Å². The van der Waals surface area contributed by atoms with Crippen molar-refractivity contribution < 1.29 is 58.9 Å². The first-order valence-corrected chi connectivity index (χ1v) is 8.56. The molecule has 3 unspecified atom stereocenters. The first kappa shape index (κ1) is 30.5. The van der Waals surface area contributed by atoms with Crippen LogP contribution in [0.4, 0.5) is 39.5 Å². The van der Waals surface area contributed by atoms with E-state index in [4.69, 9.17) is 28.3 Å². The second-order valence-electron chi connectivity index (χ2n) is 5.59. The number of epoxide rings is 1. The second-order valence-corrected chi connectivity index (χ2v) is 6.83. The minimum Gasteiger partial charge on any atom is -0.464 e. The molecule has 1 rings (SSSR count). The van der Waals surface area contributed by atoms with Gasteiger partial charge in [0.05, 0.1) is 49.3 Å². The second kappa shape index (κ2) is 13.6. The van der Waals surface area contributed by atoms with Crippen LogP contribution in [-0.2, 0) is 14.3 Å². The summed E-state index contributed by atoms with van der Waals surface area (Å²) < 4.78 is 111. The summed E-state index contributed by atoms with van der Waals surface area (Å²) >= 11 is 10.2. The van der Waals surface area contributed by atoms with Crippen molar-refractivity contribution in [3.63, 3.8) is 0 Å². The zero-order chi connectivity index (χ0) is 23.5. The molecule has 0 radical (unpaired) electrons. The minimum atomic E-state index is -4.31. The van der Waals surface area contributed by atoms with Crippen molar-refractivity contribution in [1.82, 2.24) is 0 Å². The molecule has 1 heterocycles. The molecule has 0 aromatic rings. The Morgan fingerprint density at radius 2 is 1.41 bits per heavy atom. The molecular formula is C14H19Cl2F9O4. The summed E-state index contributed by atoms with van der Waals surface area (Å²) in [4.78, 5) is 10.2. The Morgan fingerprint density at radius 3 is 1.62 bits per heavy atom. The van der Waals surface area contributed by atoms with Gasteiger partial charge in [-0.25, -0.2) is 0 Å². The molecule has 29 heavy (non-hydrogen) atoms. The van der Waals surface area contributed by atoms with Crippen molar-refractivity contribution in [1.29, 1.82) is 0 Å². The molecule has 0 bridgehead atoms. The number of aliphatic hydroxyl groups excluding tert-OH is 1. The molecule has 0 aromatic carbocycles. The van der Waals surface area contributed by atoms with Gasteiger partial charge in [-0.15, -0.1) is 23.2 Å². The van der Waals surface area contributed by atoms with Crippen molar-refractivity contribution in [3.05, 3.63) is 0 Å². The topological polar surface area (TPSA) is 59.1 Å². The average Bonchev–Trinajstić information content (AvgIpc) is 3.24. The summed E-state index contributed by atoms with van der Waals surface area (Å²) in [6, 6.07) is 0. The number of carbonyl (C=O) groups is 1. The van der Waals surface area contributed by atoms with Gasteiger partial charge < -0.3 is 14.6 Å². The molecule has 0 amide bonds. The Hall–Kier alpha value is -0.660. The molecule has 176 valence electrons. The number of halogens is 11. The fourth-order valence-corrected chi connectivity index (χ4v) is 1.69. The highest BCUT2D eigenvalue weighted by atomic mass is 35.5. The maximum absolute atomic E-state index is 11.6. The van der Waals surface area contributed by atoms with E-state index < -0.39 is 73.8 Å². The lowest BCUT2D eigenvalue weighted by Gasteiger charge is -2.11. The maximum atomic E-state index is 11.6. The van der Waals surface area contributed by atoms with Gasteiger partial charge in [0.25, 0.3) is 0 Å². The SMILES string of the molecule is CC(=O)OCC(Cl)CC(F)(F)F.FC(F)(F)CC1CO1.OCC(Cl)CC(F)(F)F. The van der Waals surface area contributed by atoms with Crippen LogP contribution >= 0.6 is 23.2 Å². The number of ether oxygens (including phenoxy) is 2. The van der Waals surface area contributed by atoms with Gasteiger partial charge in [-0.2, -0.15) is 39.5 Å². The van der Waals surface area contributed by atoms with Crippen molar-refractivity contribution in [2.75, 3.05) is 19.8 Å². The highest BCUT2D eigenvalue weighted by molar-refractivity contribution is 6.21. The first-order valence-electron chi connectivity index (χ1n) is 7.68. The largest absolute Gasteiger partial charge is 0.464 e. The highest BCUT2D eigenvalue weighted by Gasteiger charge is 2.38. The van der Waals surface area contributed by atoms with E-state index in [1.54, 1.807) is 0 Å². The van der Waals surface area contributed by atoms with Crippen molar-refractivity contribution in [3.8, 4) is 0 Å². The van der Waals surface area contributed by atoms with Gasteiger partial charge in [-0.1, -0.05) is 0 Å². The summed E-state index contributed by atoms with van der Waals surface area (Å²) in [5.74, 6) is -0.636.